The standard InChI is InChI=1S/C21H21NO5/c1-2-8-19(23)17(20(24)25)13-22-18-12-7-6-11-16(18)14-27-21(26)15-9-4-3-5-10-15/h3-7,9-13,23H,2,8,14H2,1H3,(H,24,25). The van der Waals surface area contributed by atoms with Crippen molar-refractivity contribution in [3.8, 4) is 0 Å². The van der Waals surface area contributed by atoms with Crippen molar-refractivity contribution < 1.29 is 24.5 Å². The lowest BCUT2D eigenvalue weighted by Crippen LogP contribution is -2.06. The maximum atomic E-state index is 12.1. The zero-order valence-corrected chi connectivity index (χ0v) is 15.0. The second-order valence-corrected chi connectivity index (χ2v) is 5.74. The number of aliphatic carboxylic acids is 1. The molecule has 6 heteroatoms. The zero-order valence-electron chi connectivity index (χ0n) is 15.0. The third-order valence-corrected chi connectivity index (χ3v) is 3.72. The number of hydrogen-bond donors (Lipinski definition) is 2. The lowest BCUT2D eigenvalue weighted by molar-refractivity contribution is -0.132. The largest absolute Gasteiger partial charge is 0.511 e. The lowest BCUT2D eigenvalue weighted by Gasteiger charge is -2.08. The molecule has 0 aromatic heterocycles. The summed E-state index contributed by atoms with van der Waals surface area (Å²) in [6, 6.07) is 15.6. The number of carbonyl (C=O) groups is 2. The highest BCUT2D eigenvalue weighted by molar-refractivity contribution is 6.09. The number of rotatable bonds is 8. The van der Waals surface area contributed by atoms with Gasteiger partial charge < -0.3 is 14.9 Å². The molecule has 27 heavy (non-hydrogen) atoms. The molecule has 2 aromatic rings. The molecular formula is C21H21NO5. The Kier molecular flexibility index (Phi) is 7.31. The molecule has 2 aromatic carbocycles. The van der Waals surface area contributed by atoms with Gasteiger partial charge in [-0.1, -0.05) is 43.3 Å². The molecule has 0 aliphatic rings. The van der Waals surface area contributed by atoms with Crippen molar-refractivity contribution in [2.24, 2.45) is 4.99 Å². The number of carboxylic acids is 1. The van der Waals surface area contributed by atoms with Crippen LogP contribution in [0.25, 0.3) is 0 Å². The number of hydrogen-bond acceptors (Lipinski definition) is 5. The smallest absolute Gasteiger partial charge is 0.340 e. The van der Waals surface area contributed by atoms with Crippen LogP contribution in [0, 0.1) is 0 Å². The molecule has 0 fully saturated rings. The van der Waals surface area contributed by atoms with Gasteiger partial charge >= 0.3 is 11.9 Å². The first-order chi connectivity index (χ1) is 13.0. The molecule has 0 radical (unpaired) electrons. The molecule has 0 bridgehead atoms. The van der Waals surface area contributed by atoms with Crippen LogP contribution in [0.2, 0.25) is 0 Å². The van der Waals surface area contributed by atoms with E-state index in [9.17, 15) is 19.8 Å². The molecule has 0 heterocycles. The fourth-order valence-corrected chi connectivity index (χ4v) is 2.32. The van der Waals surface area contributed by atoms with Crippen molar-refractivity contribution in [2.45, 2.75) is 26.4 Å². The van der Waals surface area contributed by atoms with Gasteiger partial charge in [-0.3, -0.25) is 4.99 Å². The SMILES string of the molecule is CCCC(O)=C(C=Nc1ccccc1COC(=O)c1ccccc1)C(=O)O. The fraction of sp³-hybridized carbons (Fsp3) is 0.190. The summed E-state index contributed by atoms with van der Waals surface area (Å²) in [6.45, 7) is 1.83. The summed E-state index contributed by atoms with van der Waals surface area (Å²) < 4.78 is 5.30. The van der Waals surface area contributed by atoms with Crippen molar-refractivity contribution >= 4 is 23.8 Å². The van der Waals surface area contributed by atoms with E-state index in [1.54, 1.807) is 48.5 Å². The third-order valence-electron chi connectivity index (χ3n) is 3.72. The predicted molar refractivity (Wildman–Crippen MR) is 102 cm³/mol. The number of esters is 1. The highest BCUT2D eigenvalue weighted by Crippen LogP contribution is 2.20. The number of carboxylic acid groups (broad SMARTS) is 1. The van der Waals surface area contributed by atoms with Gasteiger partial charge in [0.15, 0.2) is 0 Å². The van der Waals surface area contributed by atoms with E-state index in [1.165, 1.54) is 0 Å². The van der Waals surface area contributed by atoms with Crippen LogP contribution in [0.5, 0.6) is 0 Å². The van der Waals surface area contributed by atoms with Crippen LogP contribution >= 0.6 is 0 Å². The van der Waals surface area contributed by atoms with Gasteiger partial charge in [-0.2, -0.15) is 0 Å². The van der Waals surface area contributed by atoms with Gasteiger partial charge in [0.2, 0.25) is 0 Å². The molecule has 2 rings (SSSR count). The Morgan fingerprint density at radius 3 is 2.37 bits per heavy atom. The molecule has 0 aliphatic heterocycles. The highest BCUT2D eigenvalue weighted by atomic mass is 16.5. The van der Waals surface area contributed by atoms with E-state index in [0.717, 1.165) is 6.21 Å². The minimum Gasteiger partial charge on any atom is -0.511 e. The van der Waals surface area contributed by atoms with Gasteiger partial charge in [0.25, 0.3) is 0 Å². The van der Waals surface area contributed by atoms with Crippen LogP contribution < -0.4 is 0 Å². The van der Waals surface area contributed by atoms with Crippen LogP contribution in [0.15, 0.2) is 70.9 Å². The Labute approximate surface area is 157 Å². The van der Waals surface area contributed by atoms with E-state index < -0.39 is 11.9 Å². The summed E-state index contributed by atoms with van der Waals surface area (Å²) in [7, 11) is 0. The summed E-state index contributed by atoms with van der Waals surface area (Å²) in [5, 5.41) is 19.1. The van der Waals surface area contributed by atoms with Crippen LogP contribution in [-0.4, -0.2) is 28.4 Å². The summed E-state index contributed by atoms with van der Waals surface area (Å²) in [5.74, 6) is -1.93. The minimum atomic E-state index is -1.25. The zero-order chi connectivity index (χ0) is 19.6. The van der Waals surface area contributed by atoms with Crippen LogP contribution in [0.3, 0.4) is 0 Å². The third kappa shape index (κ3) is 5.81. The normalized spacial score (nSPS) is 11.9. The Morgan fingerprint density at radius 2 is 1.70 bits per heavy atom. The fourth-order valence-electron chi connectivity index (χ4n) is 2.32. The molecule has 0 atom stereocenters. The Morgan fingerprint density at radius 1 is 1.04 bits per heavy atom. The molecular weight excluding hydrogens is 346 g/mol. The van der Waals surface area contributed by atoms with Gasteiger partial charge in [-0.05, 0) is 24.6 Å². The Bertz CT molecular complexity index is 856. The van der Waals surface area contributed by atoms with E-state index in [-0.39, 0.29) is 24.4 Å². The van der Waals surface area contributed by atoms with Crippen molar-refractivity contribution in [1.82, 2.24) is 0 Å². The number of allylic oxidation sites excluding steroid dienone is 1. The van der Waals surface area contributed by atoms with E-state index in [0.29, 0.717) is 23.2 Å². The number of aliphatic hydroxyl groups is 1. The summed E-state index contributed by atoms with van der Waals surface area (Å²) >= 11 is 0. The summed E-state index contributed by atoms with van der Waals surface area (Å²) in [4.78, 5) is 27.5. The van der Waals surface area contributed by atoms with Gasteiger partial charge in [0, 0.05) is 18.2 Å². The number of benzene rings is 2. The highest BCUT2D eigenvalue weighted by Gasteiger charge is 2.12. The van der Waals surface area contributed by atoms with Gasteiger partial charge in [0.1, 0.15) is 17.9 Å². The summed E-state index contributed by atoms with van der Waals surface area (Å²) in [6.07, 6.45) is 1.98. The number of aliphatic hydroxyl groups excluding tert-OH is 1. The average Bonchev–Trinajstić information content (AvgIpc) is 2.67. The molecule has 0 saturated heterocycles. The molecule has 0 saturated carbocycles. The second-order valence-electron chi connectivity index (χ2n) is 5.74. The van der Waals surface area contributed by atoms with Crippen molar-refractivity contribution in [3.63, 3.8) is 0 Å². The van der Waals surface area contributed by atoms with Gasteiger partial charge in [0.05, 0.1) is 11.3 Å². The number of nitrogens with zero attached hydrogens (tertiary/aromatic N) is 1. The van der Waals surface area contributed by atoms with E-state index in [4.69, 9.17) is 4.74 Å². The maximum absolute atomic E-state index is 12.1. The van der Waals surface area contributed by atoms with E-state index in [1.807, 2.05) is 13.0 Å². The molecule has 2 N–H and O–H groups in total. The van der Waals surface area contributed by atoms with Gasteiger partial charge in [-0.25, -0.2) is 9.59 Å². The monoisotopic (exact) mass is 367 g/mol. The van der Waals surface area contributed by atoms with E-state index >= 15 is 0 Å². The molecule has 140 valence electrons. The molecule has 0 aliphatic carbocycles. The maximum Gasteiger partial charge on any atom is 0.340 e. The first-order valence-electron chi connectivity index (χ1n) is 8.52. The van der Waals surface area contributed by atoms with Crippen LogP contribution in [-0.2, 0) is 16.1 Å². The quantitative estimate of drug-likeness (QED) is 0.311. The van der Waals surface area contributed by atoms with E-state index in [2.05, 4.69) is 4.99 Å². The molecule has 0 spiro atoms. The first-order valence-corrected chi connectivity index (χ1v) is 8.52. The number of ether oxygens (including phenoxy) is 1. The van der Waals surface area contributed by atoms with Gasteiger partial charge in [-0.15, -0.1) is 0 Å². The number of para-hydroxylation sites is 1. The molecule has 0 amide bonds. The lowest BCUT2D eigenvalue weighted by atomic mass is 10.1. The first kappa shape index (κ1) is 19.9. The van der Waals surface area contributed by atoms with Crippen molar-refractivity contribution in [2.75, 3.05) is 0 Å². The van der Waals surface area contributed by atoms with Crippen LogP contribution in [0.4, 0.5) is 5.69 Å². The average molecular weight is 367 g/mol. The van der Waals surface area contributed by atoms with Crippen LogP contribution in [0.1, 0.15) is 35.7 Å². The number of aliphatic imine (C=N–C) groups is 1. The molecule has 6 nitrogen and oxygen atoms in total. The second kappa shape index (κ2) is 9.91. The van der Waals surface area contributed by atoms with Crippen molar-refractivity contribution in [1.29, 1.82) is 0 Å². The predicted octanol–water partition coefficient (Wildman–Crippen LogP) is 4.44. The Balaban J connectivity index is 2.16. The molecule has 0 unspecified atom stereocenters. The number of carbonyl (C=O) groups excluding carboxylic acids is 1. The minimum absolute atomic E-state index is 0.00565. The Hall–Kier alpha value is -3.41. The topological polar surface area (TPSA) is 96.2 Å². The van der Waals surface area contributed by atoms with Crippen molar-refractivity contribution in [3.05, 3.63) is 77.1 Å². The summed E-state index contributed by atoms with van der Waals surface area (Å²) in [5.41, 5.74) is 1.27.